The van der Waals surface area contributed by atoms with E-state index in [9.17, 15) is 23.2 Å². The van der Waals surface area contributed by atoms with Crippen molar-refractivity contribution in [2.24, 2.45) is 10.2 Å². The molecule has 0 fully saturated rings. The van der Waals surface area contributed by atoms with Crippen LogP contribution >= 0.6 is 0 Å². The predicted octanol–water partition coefficient (Wildman–Crippen LogP) is 1.73. The molecule has 7 nitrogen and oxygen atoms in total. The third-order valence-electron chi connectivity index (χ3n) is 4.36. The van der Waals surface area contributed by atoms with Crippen LogP contribution in [0.4, 0.5) is 11.4 Å². The predicted molar refractivity (Wildman–Crippen MR) is 103 cm³/mol. The van der Waals surface area contributed by atoms with Gasteiger partial charge in [0.05, 0.1) is 4.90 Å². The summed E-state index contributed by atoms with van der Waals surface area (Å²) < 4.78 is 34.6. The minimum absolute atomic E-state index is 0. The van der Waals surface area contributed by atoms with Crippen LogP contribution in [-0.4, -0.2) is 23.2 Å². The van der Waals surface area contributed by atoms with Gasteiger partial charge < -0.3 is 14.8 Å². The van der Waals surface area contributed by atoms with Gasteiger partial charge in [-0.15, -0.1) is 10.2 Å². The van der Waals surface area contributed by atoms with E-state index in [1.165, 1.54) is 18.2 Å². The first-order valence-electron chi connectivity index (χ1n) is 8.19. The van der Waals surface area contributed by atoms with Crippen molar-refractivity contribution in [1.29, 1.82) is 0 Å². The molecule has 0 aromatic heterocycles. The van der Waals surface area contributed by atoms with Crippen LogP contribution in [0.2, 0.25) is 0 Å². The van der Waals surface area contributed by atoms with Gasteiger partial charge >= 0.3 is 29.6 Å². The van der Waals surface area contributed by atoms with Crippen LogP contribution in [0.3, 0.4) is 0 Å². The molecular formula is C20H13N2NaO5S. The van der Waals surface area contributed by atoms with Gasteiger partial charge in [-0.2, -0.15) is 0 Å². The number of nitrogens with zero attached hydrogens (tertiary/aromatic N) is 2. The van der Waals surface area contributed by atoms with Crippen molar-refractivity contribution >= 4 is 43.0 Å². The molecule has 4 aromatic carbocycles. The van der Waals surface area contributed by atoms with Crippen molar-refractivity contribution in [2.75, 3.05) is 0 Å². The number of rotatable bonds is 3. The Labute approximate surface area is 188 Å². The normalized spacial score (nSPS) is 11.8. The van der Waals surface area contributed by atoms with Gasteiger partial charge in [0.15, 0.2) is 0 Å². The molecular weight excluding hydrogens is 403 g/mol. The van der Waals surface area contributed by atoms with E-state index in [0.29, 0.717) is 5.39 Å². The molecule has 0 unspecified atom stereocenters. The summed E-state index contributed by atoms with van der Waals surface area (Å²) in [5, 5.41) is 30.5. The Hall–Kier alpha value is -2.49. The molecule has 0 aliphatic heterocycles. The van der Waals surface area contributed by atoms with Gasteiger partial charge in [0.25, 0.3) is 0 Å². The number of hydrogen-bond acceptors (Lipinski definition) is 7. The zero-order chi connectivity index (χ0) is 19.9. The SMILES string of the molecule is O=S(=O)([O-])c1cc(O)c(/N=N/c2c(O)ccc3ccccc23)c2ccccc12.[Na+]. The Morgan fingerprint density at radius 2 is 1.28 bits per heavy atom. The van der Waals surface area contributed by atoms with Crippen molar-refractivity contribution in [3.8, 4) is 11.5 Å². The number of aromatic hydroxyl groups is 2. The molecule has 0 atom stereocenters. The van der Waals surface area contributed by atoms with E-state index in [1.807, 2.05) is 12.1 Å². The van der Waals surface area contributed by atoms with Crippen molar-refractivity contribution in [1.82, 2.24) is 0 Å². The minimum Gasteiger partial charge on any atom is -0.744 e. The van der Waals surface area contributed by atoms with E-state index in [0.717, 1.165) is 11.5 Å². The van der Waals surface area contributed by atoms with Crippen LogP contribution in [0, 0.1) is 0 Å². The quantitative estimate of drug-likeness (QED) is 0.299. The zero-order valence-electron chi connectivity index (χ0n) is 15.3. The van der Waals surface area contributed by atoms with E-state index in [2.05, 4.69) is 10.2 Å². The molecule has 0 bridgehead atoms. The van der Waals surface area contributed by atoms with Crippen molar-refractivity contribution in [3.63, 3.8) is 0 Å². The van der Waals surface area contributed by atoms with Gasteiger partial charge in [0, 0.05) is 22.2 Å². The Morgan fingerprint density at radius 1 is 0.724 bits per heavy atom. The Balaban J connectivity index is 0.00000240. The first-order valence-corrected chi connectivity index (χ1v) is 9.60. The van der Waals surface area contributed by atoms with E-state index < -0.39 is 20.8 Å². The van der Waals surface area contributed by atoms with Gasteiger partial charge in [0.2, 0.25) is 0 Å². The Bertz CT molecular complexity index is 1370. The molecule has 0 saturated carbocycles. The zero-order valence-corrected chi connectivity index (χ0v) is 18.1. The van der Waals surface area contributed by atoms with Crippen LogP contribution in [0.15, 0.2) is 81.9 Å². The summed E-state index contributed by atoms with van der Waals surface area (Å²) in [6.07, 6.45) is 0. The van der Waals surface area contributed by atoms with Crippen LogP contribution in [-0.2, 0) is 10.1 Å². The van der Waals surface area contributed by atoms with Crippen molar-refractivity contribution < 1.29 is 52.7 Å². The molecule has 29 heavy (non-hydrogen) atoms. The molecule has 2 N–H and O–H groups in total. The number of benzene rings is 4. The van der Waals surface area contributed by atoms with Crippen molar-refractivity contribution in [2.45, 2.75) is 4.90 Å². The van der Waals surface area contributed by atoms with E-state index in [1.54, 1.807) is 30.3 Å². The summed E-state index contributed by atoms with van der Waals surface area (Å²) in [7, 11) is -4.79. The molecule has 0 heterocycles. The van der Waals surface area contributed by atoms with Crippen LogP contribution in [0.5, 0.6) is 11.5 Å². The van der Waals surface area contributed by atoms with Crippen molar-refractivity contribution in [3.05, 3.63) is 66.7 Å². The average Bonchev–Trinajstić information content (AvgIpc) is 2.67. The first kappa shape index (κ1) is 21.2. The fourth-order valence-corrected chi connectivity index (χ4v) is 3.78. The number of hydrogen-bond donors (Lipinski definition) is 2. The molecule has 4 rings (SSSR count). The minimum atomic E-state index is -4.79. The summed E-state index contributed by atoms with van der Waals surface area (Å²) in [5.74, 6) is -0.596. The third-order valence-corrected chi connectivity index (χ3v) is 5.23. The molecule has 0 aliphatic carbocycles. The third kappa shape index (κ3) is 3.98. The monoisotopic (exact) mass is 416 g/mol. The maximum absolute atomic E-state index is 11.5. The van der Waals surface area contributed by atoms with Gasteiger partial charge in [0.1, 0.15) is 33.0 Å². The maximum atomic E-state index is 11.5. The van der Waals surface area contributed by atoms with Crippen LogP contribution < -0.4 is 29.6 Å². The summed E-state index contributed by atoms with van der Waals surface area (Å²) in [6, 6.07) is 17.5. The smallest absolute Gasteiger partial charge is 0.744 e. The molecule has 0 radical (unpaired) electrons. The Morgan fingerprint density at radius 3 is 1.93 bits per heavy atom. The molecule has 140 valence electrons. The molecule has 9 heteroatoms. The van der Waals surface area contributed by atoms with Crippen LogP contribution in [0.25, 0.3) is 21.5 Å². The van der Waals surface area contributed by atoms with E-state index >= 15 is 0 Å². The van der Waals surface area contributed by atoms with E-state index in [-0.39, 0.29) is 57.5 Å². The molecule has 0 saturated heterocycles. The Kier molecular flexibility index (Phi) is 5.92. The van der Waals surface area contributed by atoms with Gasteiger partial charge in [-0.1, -0.05) is 54.6 Å². The van der Waals surface area contributed by atoms with Gasteiger partial charge in [-0.05, 0) is 11.5 Å². The number of phenolic OH excluding ortho intramolecular Hbond substituents is 2. The molecule has 4 aromatic rings. The summed E-state index contributed by atoms with van der Waals surface area (Å²) in [4.78, 5) is -0.535. The van der Waals surface area contributed by atoms with Crippen LogP contribution in [0.1, 0.15) is 0 Å². The summed E-state index contributed by atoms with van der Waals surface area (Å²) >= 11 is 0. The topological polar surface area (TPSA) is 122 Å². The van der Waals surface area contributed by atoms with Gasteiger partial charge in [-0.3, -0.25) is 0 Å². The molecule has 0 amide bonds. The van der Waals surface area contributed by atoms with Gasteiger partial charge in [-0.25, -0.2) is 8.42 Å². The second kappa shape index (κ2) is 8.10. The maximum Gasteiger partial charge on any atom is 1.00 e. The first-order chi connectivity index (χ1) is 13.4. The second-order valence-electron chi connectivity index (χ2n) is 6.10. The second-order valence-corrected chi connectivity index (χ2v) is 7.44. The standard InChI is InChI=1S/C20H14N2O5S.Na/c23-16-10-9-12-5-1-2-6-13(12)19(16)21-22-20-15-8-4-3-7-14(15)18(11-17(20)24)28(25,26)27;/h1-11,23-24H,(H,25,26,27);/q;+1/p-1/b22-21+;. The number of fused-ring (bicyclic) bond motifs is 2. The largest absolute Gasteiger partial charge is 1.00 e. The fourth-order valence-electron chi connectivity index (χ4n) is 3.07. The molecule has 0 aliphatic rings. The fraction of sp³-hybridized carbons (Fsp3) is 0. The number of azo groups is 1. The number of phenols is 2. The summed E-state index contributed by atoms with van der Waals surface area (Å²) in [5.41, 5.74) is 0.206. The average molecular weight is 416 g/mol. The molecule has 0 spiro atoms. The van der Waals surface area contributed by atoms with E-state index in [4.69, 9.17) is 0 Å². The summed E-state index contributed by atoms with van der Waals surface area (Å²) in [6.45, 7) is 0.